The standard InChI is InChI=1S/C27H25N3O4S/c1-32-20-8-5-18(6-9-20)21-16-30-22-10-7-19(15-25(22)35-27(30)29-21)26(31)28-13-12-17-4-11-23(33-2)24(14-17)34-3/h4-11,14-16H,12-13H2,1-3H3,(H,28,31). The zero-order valence-corrected chi connectivity index (χ0v) is 20.5. The lowest BCUT2D eigenvalue weighted by Crippen LogP contribution is -2.25. The summed E-state index contributed by atoms with van der Waals surface area (Å²) in [6.07, 6.45) is 2.72. The molecule has 2 heterocycles. The van der Waals surface area contributed by atoms with E-state index in [1.807, 2.05) is 66.9 Å². The maximum atomic E-state index is 12.8. The Balaban J connectivity index is 1.28. The molecule has 5 rings (SSSR count). The van der Waals surface area contributed by atoms with E-state index in [1.54, 1.807) is 32.7 Å². The average Bonchev–Trinajstić information content (AvgIpc) is 3.46. The molecule has 0 unspecified atom stereocenters. The van der Waals surface area contributed by atoms with Crippen molar-refractivity contribution in [3.05, 3.63) is 78.0 Å². The molecule has 0 bridgehead atoms. The third kappa shape index (κ3) is 4.52. The molecule has 0 radical (unpaired) electrons. The van der Waals surface area contributed by atoms with Crippen molar-refractivity contribution in [2.24, 2.45) is 0 Å². The van der Waals surface area contributed by atoms with E-state index in [0.717, 1.165) is 37.7 Å². The van der Waals surface area contributed by atoms with Crippen molar-refractivity contribution in [2.45, 2.75) is 6.42 Å². The van der Waals surface area contributed by atoms with E-state index in [0.29, 0.717) is 30.0 Å². The highest BCUT2D eigenvalue weighted by molar-refractivity contribution is 7.23. The second-order valence-electron chi connectivity index (χ2n) is 7.99. The van der Waals surface area contributed by atoms with Gasteiger partial charge in [0.2, 0.25) is 0 Å². The number of carbonyl (C=O) groups excluding carboxylic acids is 1. The minimum absolute atomic E-state index is 0.0997. The molecule has 0 fully saturated rings. The lowest BCUT2D eigenvalue weighted by atomic mass is 10.1. The van der Waals surface area contributed by atoms with Gasteiger partial charge in [-0.2, -0.15) is 0 Å². The van der Waals surface area contributed by atoms with Crippen molar-refractivity contribution in [1.29, 1.82) is 0 Å². The van der Waals surface area contributed by atoms with Crippen LogP contribution in [0.3, 0.4) is 0 Å². The Kier molecular flexibility index (Phi) is 6.29. The summed E-state index contributed by atoms with van der Waals surface area (Å²) in [6, 6.07) is 19.4. The third-order valence-corrected chi connectivity index (χ3v) is 6.91. The van der Waals surface area contributed by atoms with Crippen LogP contribution in [0.4, 0.5) is 0 Å². The molecular weight excluding hydrogens is 462 g/mol. The summed E-state index contributed by atoms with van der Waals surface area (Å²) >= 11 is 1.57. The van der Waals surface area contributed by atoms with Gasteiger partial charge >= 0.3 is 0 Å². The van der Waals surface area contributed by atoms with Crippen molar-refractivity contribution >= 4 is 32.4 Å². The Morgan fingerprint density at radius 1 is 0.943 bits per heavy atom. The summed E-state index contributed by atoms with van der Waals surface area (Å²) < 4.78 is 18.9. The molecule has 1 N–H and O–H groups in total. The molecule has 0 spiro atoms. The first-order valence-electron chi connectivity index (χ1n) is 11.1. The zero-order chi connectivity index (χ0) is 24.4. The molecule has 0 aliphatic rings. The van der Waals surface area contributed by atoms with Crippen LogP contribution < -0.4 is 19.5 Å². The van der Waals surface area contributed by atoms with Gasteiger partial charge in [0, 0.05) is 23.9 Å². The number of nitrogens with one attached hydrogen (secondary N) is 1. The second-order valence-corrected chi connectivity index (χ2v) is 9.00. The Morgan fingerprint density at radius 3 is 2.49 bits per heavy atom. The minimum atomic E-state index is -0.0997. The topological polar surface area (TPSA) is 74.1 Å². The van der Waals surface area contributed by atoms with Crippen molar-refractivity contribution in [2.75, 3.05) is 27.9 Å². The lowest BCUT2D eigenvalue weighted by molar-refractivity contribution is 0.0954. The maximum absolute atomic E-state index is 12.8. The molecule has 178 valence electrons. The number of amides is 1. The summed E-state index contributed by atoms with van der Waals surface area (Å²) in [4.78, 5) is 18.4. The monoisotopic (exact) mass is 487 g/mol. The van der Waals surface area contributed by atoms with Crippen LogP contribution in [-0.2, 0) is 6.42 Å². The van der Waals surface area contributed by atoms with Crippen molar-refractivity contribution < 1.29 is 19.0 Å². The lowest BCUT2D eigenvalue weighted by Gasteiger charge is -2.10. The Bertz CT molecular complexity index is 1500. The molecule has 8 heteroatoms. The molecule has 2 aromatic heterocycles. The van der Waals surface area contributed by atoms with Crippen LogP contribution in [0.15, 0.2) is 66.9 Å². The van der Waals surface area contributed by atoms with E-state index in [4.69, 9.17) is 19.2 Å². The summed E-state index contributed by atoms with van der Waals surface area (Å²) in [5.41, 5.74) is 4.65. The number of rotatable bonds is 8. The van der Waals surface area contributed by atoms with Gasteiger partial charge in [-0.1, -0.05) is 17.4 Å². The number of fused-ring (bicyclic) bond motifs is 3. The predicted octanol–water partition coefficient (Wildman–Crippen LogP) is 5.21. The summed E-state index contributed by atoms with van der Waals surface area (Å²) in [6.45, 7) is 0.519. The number of carbonyl (C=O) groups is 1. The van der Waals surface area contributed by atoms with Crippen LogP contribution in [0.1, 0.15) is 15.9 Å². The number of hydrogen-bond acceptors (Lipinski definition) is 6. The molecule has 0 saturated carbocycles. The van der Waals surface area contributed by atoms with Gasteiger partial charge in [0.15, 0.2) is 16.5 Å². The van der Waals surface area contributed by atoms with Gasteiger partial charge in [-0.05, 0) is 66.6 Å². The van der Waals surface area contributed by atoms with Gasteiger partial charge in [-0.25, -0.2) is 4.98 Å². The van der Waals surface area contributed by atoms with E-state index in [1.165, 1.54) is 0 Å². The highest BCUT2D eigenvalue weighted by atomic mass is 32.1. The molecule has 35 heavy (non-hydrogen) atoms. The van der Waals surface area contributed by atoms with Crippen LogP contribution in [0.25, 0.3) is 26.4 Å². The number of aromatic nitrogens is 2. The fraction of sp³-hybridized carbons (Fsp3) is 0.185. The van der Waals surface area contributed by atoms with Gasteiger partial charge in [0.25, 0.3) is 5.91 Å². The largest absolute Gasteiger partial charge is 0.497 e. The predicted molar refractivity (Wildman–Crippen MR) is 138 cm³/mol. The first-order valence-corrected chi connectivity index (χ1v) is 12.0. The highest BCUT2D eigenvalue weighted by Crippen LogP contribution is 2.31. The van der Waals surface area contributed by atoms with Crippen molar-refractivity contribution in [3.63, 3.8) is 0 Å². The van der Waals surface area contributed by atoms with Crippen LogP contribution in [-0.4, -0.2) is 43.2 Å². The Morgan fingerprint density at radius 2 is 1.74 bits per heavy atom. The summed E-state index contributed by atoms with van der Waals surface area (Å²) in [5.74, 6) is 2.08. The fourth-order valence-corrected chi connectivity index (χ4v) is 5.05. The molecule has 3 aromatic carbocycles. The molecular formula is C27H25N3O4S. The number of imidazole rings is 1. The smallest absolute Gasteiger partial charge is 0.251 e. The van der Waals surface area contributed by atoms with Gasteiger partial charge in [-0.3, -0.25) is 9.20 Å². The first-order chi connectivity index (χ1) is 17.1. The Labute approximate surface area is 206 Å². The molecule has 0 aliphatic heterocycles. The van der Waals surface area contributed by atoms with Crippen molar-refractivity contribution in [1.82, 2.24) is 14.7 Å². The number of nitrogens with zero attached hydrogens (tertiary/aromatic N) is 2. The Hall–Kier alpha value is -4.04. The number of methoxy groups -OCH3 is 3. The third-order valence-electron chi connectivity index (χ3n) is 5.89. The van der Waals surface area contributed by atoms with E-state index in [-0.39, 0.29) is 5.91 Å². The van der Waals surface area contributed by atoms with Crippen LogP contribution in [0, 0.1) is 0 Å². The minimum Gasteiger partial charge on any atom is -0.497 e. The SMILES string of the molecule is COc1ccc(-c2cn3c(n2)sc2cc(C(=O)NCCc4ccc(OC)c(OC)c4)ccc23)cc1. The average molecular weight is 488 g/mol. The van der Waals surface area contributed by atoms with Gasteiger partial charge in [0.1, 0.15) is 5.75 Å². The highest BCUT2D eigenvalue weighted by Gasteiger charge is 2.13. The molecule has 0 atom stereocenters. The van der Waals surface area contributed by atoms with E-state index >= 15 is 0 Å². The number of ether oxygens (including phenoxy) is 3. The fourth-order valence-electron chi connectivity index (χ4n) is 4.00. The van der Waals surface area contributed by atoms with Crippen LogP contribution in [0.5, 0.6) is 17.2 Å². The molecule has 0 saturated heterocycles. The zero-order valence-electron chi connectivity index (χ0n) is 19.7. The van der Waals surface area contributed by atoms with E-state index in [2.05, 4.69) is 9.72 Å². The maximum Gasteiger partial charge on any atom is 0.251 e. The van der Waals surface area contributed by atoms with Crippen molar-refractivity contribution in [3.8, 4) is 28.5 Å². The van der Waals surface area contributed by atoms with Gasteiger partial charge in [-0.15, -0.1) is 0 Å². The molecule has 7 nitrogen and oxygen atoms in total. The van der Waals surface area contributed by atoms with E-state index < -0.39 is 0 Å². The number of benzene rings is 3. The van der Waals surface area contributed by atoms with Gasteiger partial charge in [0.05, 0.1) is 37.2 Å². The normalized spacial score (nSPS) is 11.1. The number of hydrogen-bond donors (Lipinski definition) is 1. The first kappa shape index (κ1) is 22.7. The number of thiazole rings is 1. The van der Waals surface area contributed by atoms with E-state index in [9.17, 15) is 4.79 Å². The van der Waals surface area contributed by atoms with Crippen LogP contribution in [0.2, 0.25) is 0 Å². The summed E-state index contributed by atoms with van der Waals surface area (Å²) in [5, 5.41) is 3.01. The van der Waals surface area contributed by atoms with Gasteiger partial charge < -0.3 is 19.5 Å². The molecule has 0 aliphatic carbocycles. The summed E-state index contributed by atoms with van der Waals surface area (Å²) in [7, 11) is 4.88. The molecule has 1 amide bonds. The second kappa shape index (κ2) is 9.68. The van der Waals surface area contributed by atoms with Crippen LogP contribution >= 0.6 is 11.3 Å². The quantitative estimate of drug-likeness (QED) is 0.325. The molecule has 5 aromatic rings.